The van der Waals surface area contributed by atoms with Crippen molar-refractivity contribution in [3.63, 3.8) is 0 Å². The van der Waals surface area contributed by atoms with Gasteiger partial charge in [-0.15, -0.1) is 0 Å². The molecule has 2 heteroatoms. The van der Waals surface area contributed by atoms with E-state index in [1.165, 1.54) is 24.9 Å². The van der Waals surface area contributed by atoms with E-state index in [9.17, 15) is 5.11 Å². The summed E-state index contributed by atoms with van der Waals surface area (Å²) in [6.45, 7) is 6.00. The lowest BCUT2D eigenvalue weighted by Crippen LogP contribution is -2.35. The molecule has 1 saturated heterocycles. The van der Waals surface area contributed by atoms with Gasteiger partial charge < -0.3 is 5.11 Å². The Hall–Kier alpha value is -0.860. The average molecular weight is 247 g/mol. The Balaban J connectivity index is 1.88. The second-order valence-corrected chi connectivity index (χ2v) is 6.08. The summed E-state index contributed by atoms with van der Waals surface area (Å²) in [4.78, 5) is 2.55. The van der Waals surface area contributed by atoms with Crippen LogP contribution in [0, 0.1) is 0 Å². The maximum Gasteiger partial charge on any atom is 0.0603 e. The summed E-state index contributed by atoms with van der Waals surface area (Å²) in [5, 5.41) is 9.83. The zero-order valence-corrected chi connectivity index (χ0v) is 11.6. The van der Waals surface area contributed by atoms with Gasteiger partial charge in [0.05, 0.1) is 5.60 Å². The standard InChI is InChI=1S/C16H25NO/c1-16(2,18)10-12-17-11-6-9-15(17)13-14-7-4-3-5-8-14/h3-5,7-8,15,18H,6,9-13H2,1-2H3. The SMILES string of the molecule is CC(C)(O)CCN1CCCC1Cc1ccccc1. The van der Waals surface area contributed by atoms with Crippen LogP contribution in [0.2, 0.25) is 0 Å². The minimum atomic E-state index is -0.542. The fourth-order valence-electron chi connectivity index (χ4n) is 2.72. The zero-order chi connectivity index (χ0) is 13.0. The van der Waals surface area contributed by atoms with Crippen molar-refractivity contribution >= 4 is 0 Å². The van der Waals surface area contributed by atoms with Crippen LogP contribution in [0.1, 0.15) is 38.7 Å². The average Bonchev–Trinajstić information content (AvgIpc) is 2.74. The van der Waals surface area contributed by atoms with Crippen molar-refractivity contribution in [3.8, 4) is 0 Å². The summed E-state index contributed by atoms with van der Waals surface area (Å²) >= 11 is 0. The van der Waals surface area contributed by atoms with Gasteiger partial charge in [0.2, 0.25) is 0 Å². The molecule has 1 heterocycles. The first-order valence-electron chi connectivity index (χ1n) is 7.05. The van der Waals surface area contributed by atoms with E-state index in [1.54, 1.807) is 0 Å². The second-order valence-electron chi connectivity index (χ2n) is 6.08. The first kappa shape index (κ1) is 13.6. The topological polar surface area (TPSA) is 23.5 Å². The molecule has 0 spiro atoms. The van der Waals surface area contributed by atoms with Gasteiger partial charge in [-0.3, -0.25) is 4.90 Å². The Bertz CT molecular complexity index is 355. The summed E-state index contributed by atoms with van der Waals surface area (Å²) in [6.07, 6.45) is 4.59. The van der Waals surface area contributed by atoms with Gasteiger partial charge in [-0.05, 0) is 51.6 Å². The van der Waals surface area contributed by atoms with Gasteiger partial charge in [0.1, 0.15) is 0 Å². The number of nitrogens with zero attached hydrogens (tertiary/aromatic N) is 1. The first-order chi connectivity index (χ1) is 8.54. The smallest absolute Gasteiger partial charge is 0.0603 e. The van der Waals surface area contributed by atoms with Gasteiger partial charge in [0.25, 0.3) is 0 Å². The van der Waals surface area contributed by atoms with Gasteiger partial charge >= 0.3 is 0 Å². The molecular weight excluding hydrogens is 222 g/mol. The molecule has 0 saturated carbocycles. The number of hydrogen-bond donors (Lipinski definition) is 1. The van der Waals surface area contributed by atoms with Crippen LogP contribution in [0.5, 0.6) is 0 Å². The van der Waals surface area contributed by atoms with E-state index >= 15 is 0 Å². The number of benzene rings is 1. The van der Waals surface area contributed by atoms with E-state index in [0.717, 1.165) is 19.4 Å². The second kappa shape index (κ2) is 5.85. The first-order valence-corrected chi connectivity index (χ1v) is 7.05. The van der Waals surface area contributed by atoms with Crippen molar-refractivity contribution in [1.82, 2.24) is 4.90 Å². The molecule has 1 aromatic rings. The van der Waals surface area contributed by atoms with Crippen molar-refractivity contribution in [2.75, 3.05) is 13.1 Å². The minimum Gasteiger partial charge on any atom is -0.390 e. The fraction of sp³-hybridized carbons (Fsp3) is 0.625. The molecule has 1 aliphatic rings. The predicted molar refractivity (Wildman–Crippen MR) is 75.7 cm³/mol. The van der Waals surface area contributed by atoms with E-state index in [1.807, 2.05) is 13.8 Å². The maximum absolute atomic E-state index is 9.83. The van der Waals surface area contributed by atoms with Gasteiger partial charge in [-0.1, -0.05) is 30.3 Å². The molecule has 0 radical (unpaired) electrons. The van der Waals surface area contributed by atoms with Crippen molar-refractivity contribution in [1.29, 1.82) is 0 Å². The molecule has 1 N–H and O–H groups in total. The molecule has 0 bridgehead atoms. The summed E-state index contributed by atoms with van der Waals surface area (Å²) in [5.41, 5.74) is 0.887. The van der Waals surface area contributed by atoms with Gasteiger partial charge in [0.15, 0.2) is 0 Å². The van der Waals surface area contributed by atoms with E-state index in [0.29, 0.717) is 6.04 Å². The molecule has 0 amide bonds. The molecule has 0 aromatic heterocycles. The third-order valence-corrected chi connectivity index (χ3v) is 3.82. The van der Waals surface area contributed by atoms with Crippen LogP contribution in [-0.2, 0) is 6.42 Å². The highest BCUT2D eigenvalue weighted by Crippen LogP contribution is 2.22. The number of hydrogen-bond acceptors (Lipinski definition) is 2. The predicted octanol–water partition coefficient (Wildman–Crippen LogP) is 2.85. The quantitative estimate of drug-likeness (QED) is 0.865. The fourth-order valence-corrected chi connectivity index (χ4v) is 2.72. The van der Waals surface area contributed by atoms with Gasteiger partial charge in [0, 0.05) is 12.6 Å². The van der Waals surface area contributed by atoms with Crippen LogP contribution in [0.4, 0.5) is 0 Å². The summed E-state index contributed by atoms with van der Waals surface area (Å²) in [5.74, 6) is 0. The lowest BCUT2D eigenvalue weighted by Gasteiger charge is -2.27. The highest BCUT2D eigenvalue weighted by atomic mass is 16.3. The van der Waals surface area contributed by atoms with Crippen LogP contribution in [0.25, 0.3) is 0 Å². The Kier molecular flexibility index (Phi) is 4.41. The van der Waals surface area contributed by atoms with Crippen LogP contribution < -0.4 is 0 Å². The molecule has 2 nitrogen and oxygen atoms in total. The molecule has 100 valence electrons. The van der Waals surface area contributed by atoms with Crippen LogP contribution in [0.15, 0.2) is 30.3 Å². The molecule has 1 aromatic carbocycles. The lowest BCUT2D eigenvalue weighted by atomic mass is 10.0. The number of aliphatic hydroxyl groups is 1. The Labute approximate surface area is 111 Å². The molecule has 1 fully saturated rings. The van der Waals surface area contributed by atoms with E-state index in [-0.39, 0.29) is 0 Å². The van der Waals surface area contributed by atoms with Crippen molar-refractivity contribution < 1.29 is 5.11 Å². The molecule has 1 aliphatic heterocycles. The molecule has 1 atom stereocenters. The molecule has 18 heavy (non-hydrogen) atoms. The van der Waals surface area contributed by atoms with Crippen LogP contribution in [0.3, 0.4) is 0 Å². The molecule has 1 unspecified atom stereocenters. The monoisotopic (exact) mass is 247 g/mol. The van der Waals surface area contributed by atoms with E-state index < -0.39 is 5.60 Å². The Morgan fingerprint density at radius 3 is 2.67 bits per heavy atom. The largest absolute Gasteiger partial charge is 0.390 e. The third kappa shape index (κ3) is 4.11. The third-order valence-electron chi connectivity index (χ3n) is 3.82. The normalized spacial score (nSPS) is 21.4. The van der Waals surface area contributed by atoms with Crippen LogP contribution in [-0.4, -0.2) is 34.7 Å². The van der Waals surface area contributed by atoms with Gasteiger partial charge in [-0.2, -0.15) is 0 Å². The molecule has 0 aliphatic carbocycles. The molecular formula is C16H25NO. The number of likely N-dealkylation sites (tertiary alicyclic amines) is 1. The van der Waals surface area contributed by atoms with Crippen molar-refractivity contribution in [2.45, 2.75) is 51.2 Å². The highest BCUT2D eigenvalue weighted by molar-refractivity contribution is 5.16. The zero-order valence-electron chi connectivity index (χ0n) is 11.6. The Morgan fingerprint density at radius 2 is 2.00 bits per heavy atom. The highest BCUT2D eigenvalue weighted by Gasteiger charge is 2.25. The van der Waals surface area contributed by atoms with Gasteiger partial charge in [-0.25, -0.2) is 0 Å². The molecule has 2 rings (SSSR count). The van der Waals surface area contributed by atoms with E-state index in [4.69, 9.17) is 0 Å². The maximum atomic E-state index is 9.83. The summed E-state index contributed by atoms with van der Waals surface area (Å²) in [6, 6.07) is 11.4. The Morgan fingerprint density at radius 1 is 1.28 bits per heavy atom. The van der Waals surface area contributed by atoms with Crippen molar-refractivity contribution in [3.05, 3.63) is 35.9 Å². The summed E-state index contributed by atoms with van der Waals surface area (Å²) in [7, 11) is 0. The number of rotatable bonds is 5. The minimum absolute atomic E-state index is 0.542. The van der Waals surface area contributed by atoms with E-state index in [2.05, 4.69) is 35.2 Å². The lowest BCUT2D eigenvalue weighted by molar-refractivity contribution is 0.0559. The summed E-state index contributed by atoms with van der Waals surface area (Å²) < 4.78 is 0. The van der Waals surface area contributed by atoms with Crippen molar-refractivity contribution in [2.24, 2.45) is 0 Å². The van der Waals surface area contributed by atoms with Crippen LogP contribution >= 0.6 is 0 Å².